The number of halogens is 5. The molecular formula is C7H7F5O. The summed E-state index contributed by atoms with van der Waals surface area (Å²) in [5, 5.41) is 0. The highest BCUT2D eigenvalue weighted by Crippen LogP contribution is 2.30. The molecule has 0 radical (unpaired) electrons. The maximum Gasteiger partial charge on any atom is 0.415 e. The van der Waals surface area contributed by atoms with Crippen molar-refractivity contribution in [3.63, 3.8) is 0 Å². The molecule has 13 heavy (non-hydrogen) atoms. The van der Waals surface area contributed by atoms with Crippen molar-refractivity contribution in [3.05, 3.63) is 24.1 Å². The van der Waals surface area contributed by atoms with Crippen LogP contribution in [0, 0.1) is 0 Å². The molecule has 0 fully saturated rings. The van der Waals surface area contributed by atoms with Crippen LogP contribution in [-0.4, -0.2) is 12.7 Å². The molecule has 0 aromatic heterocycles. The van der Waals surface area contributed by atoms with E-state index in [0.29, 0.717) is 0 Å². The number of hydrogen-bond acceptors (Lipinski definition) is 1. The molecular weight excluding hydrogens is 195 g/mol. The average Bonchev–Trinajstić information content (AvgIpc) is 2.03. The number of alkyl halides is 2. The first-order valence-corrected chi connectivity index (χ1v) is 3.26. The summed E-state index contributed by atoms with van der Waals surface area (Å²) in [6.45, 7) is 0.883. The molecule has 0 rings (SSSR count). The van der Waals surface area contributed by atoms with Gasteiger partial charge in [-0.3, -0.25) is 0 Å². The van der Waals surface area contributed by atoms with Gasteiger partial charge in [0.25, 0.3) is 5.83 Å². The van der Waals surface area contributed by atoms with Gasteiger partial charge in [-0.05, 0) is 6.92 Å². The van der Waals surface area contributed by atoms with E-state index in [1.165, 1.54) is 13.0 Å². The summed E-state index contributed by atoms with van der Waals surface area (Å²) in [4.78, 5) is 0. The zero-order valence-corrected chi connectivity index (χ0v) is 6.66. The van der Waals surface area contributed by atoms with E-state index in [0.717, 1.165) is 6.08 Å². The Kier molecular flexibility index (Phi) is 4.61. The molecule has 6 heteroatoms. The molecule has 0 aromatic carbocycles. The summed E-state index contributed by atoms with van der Waals surface area (Å²) in [6.07, 6.45) is -5.13. The zero-order chi connectivity index (χ0) is 10.5. The third-order valence-electron chi connectivity index (χ3n) is 1.02. The predicted octanol–water partition coefficient (Wildman–Crippen LogP) is 3.25. The smallest absolute Gasteiger partial charge is 0.310 e. The van der Waals surface area contributed by atoms with E-state index < -0.39 is 24.6 Å². The summed E-state index contributed by atoms with van der Waals surface area (Å²) in [5.74, 6) is -2.85. The van der Waals surface area contributed by atoms with E-state index in [9.17, 15) is 22.0 Å². The molecule has 0 aromatic rings. The van der Waals surface area contributed by atoms with Gasteiger partial charge in [0.2, 0.25) is 0 Å². The minimum absolute atomic E-state index is 0.635. The van der Waals surface area contributed by atoms with Gasteiger partial charge in [0.05, 0.1) is 6.61 Å². The fourth-order valence-corrected chi connectivity index (χ4v) is 0.422. The molecule has 0 bridgehead atoms. The first-order valence-electron chi connectivity index (χ1n) is 3.26. The van der Waals surface area contributed by atoms with Gasteiger partial charge in [-0.15, -0.1) is 0 Å². The lowest BCUT2D eigenvalue weighted by Gasteiger charge is -2.12. The van der Waals surface area contributed by atoms with E-state index in [-0.39, 0.29) is 0 Å². The van der Waals surface area contributed by atoms with Crippen molar-refractivity contribution in [1.82, 2.24) is 0 Å². The molecule has 0 atom stereocenters. The topological polar surface area (TPSA) is 9.23 Å². The van der Waals surface area contributed by atoms with Crippen LogP contribution in [0.15, 0.2) is 24.1 Å². The lowest BCUT2D eigenvalue weighted by atomic mass is 10.5. The summed E-state index contributed by atoms with van der Waals surface area (Å²) < 4.78 is 62.7. The van der Waals surface area contributed by atoms with Gasteiger partial charge in [0.1, 0.15) is 0 Å². The van der Waals surface area contributed by atoms with Crippen molar-refractivity contribution >= 4 is 0 Å². The number of rotatable bonds is 4. The van der Waals surface area contributed by atoms with Crippen molar-refractivity contribution in [2.24, 2.45) is 0 Å². The van der Waals surface area contributed by atoms with Crippen molar-refractivity contribution < 1.29 is 26.7 Å². The van der Waals surface area contributed by atoms with E-state index in [1.807, 2.05) is 0 Å². The lowest BCUT2D eigenvalue weighted by Crippen LogP contribution is -2.22. The largest absolute Gasteiger partial charge is 0.415 e. The molecule has 76 valence electrons. The third-order valence-corrected chi connectivity index (χ3v) is 1.02. The van der Waals surface area contributed by atoms with E-state index in [2.05, 4.69) is 4.74 Å². The molecule has 0 spiro atoms. The van der Waals surface area contributed by atoms with Gasteiger partial charge >= 0.3 is 12.2 Å². The van der Waals surface area contributed by atoms with Gasteiger partial charge in [-0.25, -0.2) is 0 Å². The summed E-state index contributed by atoms with van der Waals surface area (Å²) in [6, 6.07) is 0. The Morgan fingerprint density at radius 1 is 1.31 bits per heavy atom. The molecule has 1 nitrogen and oxygen atoms in total. The highest BCUT2D eigenvalue weighted by atomic mass is 19.3. The predicted molar refractivity (Wildman–Crippen MR) is 36.1 cm³/mol. The molecule has 0 aliphatic rings. The third kappa shape index (κ3) is 4.02. The second-order valence-electron chi connectivity index (χ2n) is 1.97. The van der Waals surface area contributed by atoms with E-state index in [1.54, 1.807) is 0 Å². The fraction of sp³-hybridized carbons (Fsp3) is 0.429. The number of ether oxygens (including phenoxy) is 1. The Hall–Kier alpha value is -0.910. The van der Waals surface area contributed by atoms with Gasteiger partial charge in [0, 0.05) is 0 Å². The number of hydrogen-bond donors (Lipinski definition) is 0. The van der Waals surface area contributed by atoms with Crippen LogP contribution in [0.1, 0.15) is 6.92 Å². The maximum absolute atomic E-state index is 12.2. The quantitative estimate of drug-likeness (QED) is 0.502. The van der Waals surface area contributed by atoms with Gasteiger partial charge in [0.15, 0.2) is 0 Å². The first kappa shape index (κ1) is 12.1. The van der Waals surface area contributed by atoms with Crippen molar-refractivity contribution in [3.8, 4) is 0 Å². The van der Waals surface area contributed by atoms with Gasteiger partial charge < -0.3 is 4.74 Å². The second-order valence-corrected chi connectivity index (χ2v) is 1.97. The molecule has 0 saturated carbocycles. The molecule has 0 aliphatic heterocycles. The van der Waals surface area contributed by atoms with Crippen molar-refractivity contribution in [1.29, 1.82) is 0 Å². The Bertz CT molecular complexity index is 217. The maximum atomic E-state index is 12.2. The molecule has 0 N–H and O–H groups in total. The van der Waals surface area contributed by atoms with E-state index >= 15 is 0 Å². The Morgan fingerprint density at radius 2 is 1.85 bits per heavy atom. The number of allylic oxidation sites excluding steroid dienone is 1. The van der Waals surface area contributed by atoms with Crippen molar-refractivity contribution in [2.75, 3.05) is 6.61 Å². The Labute approximate surface area is 71.5 Å². The van der Waals surface area contributed by atoms with Crippen LogP contribution < -0.4 is 0 Å². The van der Waals surface area contributed by atoms with Crippen molar-refractivity contribution in [2.45, 2.75) is 13.0 Å². The fourth-order valence-electron chi connectivity index (χ4n) is 0.422. The van der Waals surface area contributed by atoms with Crippen LogP contribution in [0.25, 0.3) is 0 Å². The zero-order valence-electron chi connectivity index (χ0n) is 6.66. The van der Waals surface area contributed by atoms with Crippen LogP contribution in [0.4, 0.5) is 22.0 Å². The summed E-state index contributed by atoms with van der Waals surface area (Å²) >= 11 is 0. The molecule has 0 saturated heterocycles. The van der Waals surface area contributed by atoms with Crippen LogP contribution in [0.5, 0.6) is 0 Å². The van der Waals surface area contributed by atoms with Crippen LogP contribution in [0.2, 0.25) is 0 Å². The lowest BCUT2D eigenvalue weighted by molar-refractivity contribution is -0.215. The standard InChI is InChI=1S/C7H7F5O/c1-2-3-4-13-7(11,12)5(8)6(9)10/h2-3H,4H2,1H3/b3-2+. The Morgan fingerprint density at radius 3 is 2.23 bits per heavy atom. The highest BCUT2D eigenvalue weighted by molar-refractivity contribution is 5.00. The van der Waals surface area contributed by atoms with Crippen LogP contribution in [-0.2, 0) is 4.74 Å². The van der Waals surface area contributed by atoms with Crippen LogP contribution in [0.3, 0.4) is 0 Å². The normalized spacial score (nSPS) is 12.2. The molecule has 0 unspecified atom stereocenters. The highest BCUT2D eigenvalue weighted by Gasteiger charge is 2.40. The average molecular weight is 202 g/mol. The van der Waals surface area contributed by atoms with Crippen LogP contribution >= 0.6 is 0 Å². The monoisotopic (exact) mass is 202 g/mol. The molecule has 0 amide bonds. The molecule has 0 aliphatic carbocycles. The molecule has 0 heterocycles. The van der Waals surface area contributed by atoms with Gasteiger partial charge in [-0.1, -0.05) is 12.2 Å². The Balaban J connectivity index is 4.31. The summed E-state index contributed by atoms with van der Waals surface area (Å²) in [5.41, 5.74) is 0. The first-order chi connectivity index (χ1) is 5.91. The summed E-state index contributed by atoms with van der Waals surface area (Å²) in [7, 11) is 0. The SMILES string of the molecule is C/C=C/COC(F)(F)C(F)=C(F)F. The minimum Gasteiger partial charge on any atom is -0.310 e. The minimum atomic E-state index is -4.56. The van der Waals surface area contributed by atoms with E-state index in [4.69, 9.17) is 0 Å². The second kappa shape index (κ2) is 4.96. The van der Waals surface area contributed by atoms with Gasteiger partial charge in [-0.2, -0.15) is 22.0 Å².